The van der Waals surface area contributed by atoms with Crippen molar-refractivity contribution in [2.75, 3.05) is 68.0 Å². The van der Waals surface area contributed by atoms with E-state index < -0.39 is 5.41 Å². The molecule has 4 N–H and O–H groups in total. The summed E-state index contributed by atoms with van der Waals surface area (Å²) in [7, 11) is 0. The molecular weight excluding hydrogens is 470 g/mol. The molecule has 2 aliphatic rings. The van der Waals surface area contributed by atoms with Gasteiger partial charge in [-0.3, -0.25) is 4.90 Å². The number of piperazine rings is 1. The molecule has 1 aromatic carbocycles. The Balaban J connectivity index is 1.39. The summed E-state index contributed by atoms with van der Waals surface area (Å²) >= 11 is 0. The van der Waals surface area contributed by atoms with E-state index in [0.717, 1.165) is 48.8 Å². The van der Waals surface area contributed by atoms with Crippen LogP contribution in [-0.2, 0) is 5.41 Å². The van der Waals surface area contributed by atoms with Crippen LogP contribution in [0.4, 0.5) is 23.3 Å². The summed E-state index contributed by atoms with van der Waals surface area (Å²) in [6.07, 6.45) is 1.67. The van der Waals surface area contributed by atoms with Crippen LogP contribution >= 0.6 is 0 Å². The molecule has 0 amide bonds. The summed E-state index contributed by atoms with van der Waals surface area (Å²) in [5.74, 6) is 2.46. The number of β-amino-alcohol motifs (C(OH)–C–C–N with tert-alkyl or cyclic N) is 1. The Morgan fingerprint density at radius 2 is 1.95 bits per heavy atom. The molecule has 0 radical (unpaired) electrons. The number of benzene rings is 1. The van der Waals surface area contributed by atoms with Crippen LogP contribution in [0.15, 0.2) is 30.5 Å². The molecule has 1 atom stereocenters. The lowest BCUT2D eigenvalue weighted by Crippen LogP contribution is -2.47. The van der Waals surface area contributed by atoms with Gasteiger partial charge in [0.25, 0.3) is 0 Å². The van der Waals surface area contributed by atoms with E-state index in [9.17, 15) is 15.5 Å². The fourth-order valence-electron chi connectivity index (χ4n) is 4.88. The van der Waals surface area contributed by atoms with Gasteiger partial charge in [0.2, 0.25) is 5.95 Å². The predicted molar refractivity (Wildman–Crippen MR) is 141 cm³/mol. The molecule has 0 aliphatic carbocycles. The van der Waals surface area contributed by atoms with E-state index in [-0.39, 0.29) is 13.2 Å². The molecule has 37 heavy (non-hydrogen) atoms. The zero-order valence-corrected chi connectivity index (χ0v) is 21.1. The predicted octanol–water partition coefficient (Wildman–Crippen LogP) is 1.65. The minimum Gasteiger partial charge on any atom is -0.395 e. The maximum absolute atomic E-state index is 9.99. The van der Waals surface area contributed by atoms with E-state index >= 15 is 0 Å². The fourth-order valence-corrected chi connectivity index (χ4v) is 4.88. The number of rotatable bonds is 7. The molecule has 1 fully saturated rings. The van der Waals surface area contributed by atoms with Gasteiger partial charge in [-0.05, 0) is 30.7 Å². The first-order chi connectivity index (χ1) is 17.9. The van der Waals surface area contributed by atoms with Crippen LogP contribution in [0, 0.1) is 18.3 Å². The molecule has 2 aliphatic heterocycles. The summed E-state index contributed by atoms with van der Waals surface area (Å²) in [6, 6.07) is 9.76. The number of aryl methyl sites for hydroxylation is 1. The van der Waals surface area contributed by atoms with Gasteiger partial charge in [-0.25, -0.2) is 19.9 Å². The molecule has 1 saturated heterocycles. The van der Waals surface area contributed by atoms with Gasteiger partial charge in [-0.15, -0.1) is 0 Å². The van der Waals surface area contributed by atoms with Gasteiger partial charge in [-0.1, -0.05) is 6.92 Å². The second kappa shape index (κ2) is 10.3. The number of anilines is 4. The maximum Gasteiger partial charge on any atom is 0.228 e. The topological polar surface area (TPSA) is 146 Å². The van der Waals surface area contributed by atoms with E-state index in [1.54, 1.807) is 12.3 Å². The average Bonchev–Trinajstić information content (AvgIpc) is 3.25. The monoisotopic (exact) mass is 501 g/mol. The lowest BCUT2D eigenvalue weighted by Gasteiger charge is -2.35. The maximum atomic E-state index is 9.99. The van der Waals surface area contributed by atoms with Gasteiger partial charge in [0.1, 0.15) is 23.5 Å². The van der Waals surface area contributed by atoms with Crippen molar-refractivity contribution in [2.45, 2.75) is 19.3 Å². The smallest absolute Gasteiger partial charge is 0.228 e. The van der Waals surface area contributed by atoms with Crippen molar-refractivity contribution in [2.24, 2.45) is 0 Å². The molecule has 4 heterocycles. The number of fused-ring (bicyclic) bond motifs is 1. The zero-order chi connectivity index (χ0) is 26.0. The normalized spacial score (nSPS) is 19.3. The van der Waals surface area contributed by atoms with Crippen LogP contribution in [0.1, 0.15) is 23.9 Å². The fraction of sp³-hybridized carbons (Fsp3) is 0.423. The van der Waals surface area contributed by atoms with E-state index in [1.165, 1.54) is 0 Å². The van der Waals surface area contributed by atoms with Crippen molar-refractivity contribution in [3.63, 3.8) is 0 Å². The standard InChI is InChI=1S/C26H31N9O2/c1-17-30-22(13-23(31-17)35-7-5-34(6-8-35)9-10-36)33-25-28-4-3-21(32-25)18-11-19(14-27)24-20(12-18)26(2,16-37)15-29-24/h3-4,11-13,29,36-37H,5-10,15-16H2,1-2H3,(H,28,30,31,32,33). The van der Waals surface area contributed by atoms with Crippen molar-refractivity contribution in [3.8, 4) is 17.3 Å². The number of nitriles is 1. The number of aromatic nitrogens is 4. The van der Waals surface area contributed by atoms with Gasteiger partial charge in [0.15, 0.2) is 0 Å². The van der Waals surface area contributed by atoms with Gasteiger partial charge >= 0.3 is 0 Å². The number of aliphatic hydroxyl groups excluding tert-OH is 2. The summed E-state index contributed by atoms with van der Waals surface area (Å²) < 4.78 is 0. The highest BCUT2D eigenvalue weighted by Crippen LogP contribution is 2.41. The van der Waals surface area contributed by atoms with Crippen molar-refractivity contribution >= 4 is 23.3 Å². The lowest BCUT2D eigenvalue weighted by molar-refractivity contribution is 0.188. The summed E-state index contributed by atoms with van der Waals surface area (Å²) in [5.41, 5.74) is 3.18. The van der Waals surface area contributed by atoms with Crippen molar-refractivity contribution in [1.29, 1.82) is 5.26 Å². The molecule has 5 rings (SSSR count). The molecule has 1 unspecified atom stereocenters. The largest absolute Gasteiger partial charge is 0.395 e. The molecule has 11 nitrogen and oxygen atoms in total. The third-order valence-electron chi connectivity index (χ3n) is 7.04. The van der Waals surface area contributed by atoms with Crippen LogP contribution in [0.3, 0.4) is 0 Å². The Labute approximate surface area is 215 Å². The molecule has 2 aromatic heterocycles. The Hall–Kier alpha value is -3.85. The van der Waals surface area contributed by atoms with Crippen molar-refractivity contribution in [1.82, 2.24) is 24.8 Å². The number of nitrogens with one attached hydrogen (secondary N) is 2. The Bertz CT molecular complexity index is 1330. The highest BCUT2D eigenvalue weighted by molar-refractivity contribution is 5.76. The van der Waals surface area contributed by atoms with E-state index in [1.807, 2.05) is 32.0 Å². The Morgan fingerprint density at radius 1 is 1.14 bits per heavy atom. The number of nitrogens with zero attached hydrogens (tertiary/aromatic N) is 7. The first-order valence-electron chi connectivity index (χ1n) is 12.4. The number of aliphatic hydroxyl groups is 2. The van der Waals surface area contributed by atoms with Crippen LogP contribution in [-0.4, -0.2) is 87.5 Å². The van der Waals surface area contributed by atoms with E-state index in [2.05, 4.69) is 41.5 Å². The first kappa shape index (κ1) is 24.8. The van der Waals surface area contributed by atoms with Gasteiger partial charge in [-0.2, -0.15) is 5.26 Å². The average molecular weight is 502 g/mol. The molecule has 3 aromatic rings. The zero-order valence-electron chi connectivity index (χ0n) is 21.1. The van der Waals surface area contributed by atoms with Crippen LogP contribution < -0.4 is 15.5 Å². The van der Waals surface area contributed by atoms with Gasteiger partial charge in [0.05, 0.1) is 30.2 Å². The first-order valence-corrected chi connectivity index (χ1v) is 12.4. The number of hydrogen-bond donors (Lipinski definition) is 4. The second-order valence-electron chi connectivity index (χ2n) is 9.73. The third kappa shape index (κ3) is 5.04. The minimum atomic E-state index is -0.469. The van der Waals surface area contributed by atoms with E-state index in [4.69, 9.17) is 4.98 Å². The summed E-state index contributed by atoms with van der Waals surface area (Å²) in [5, 5.41) is 35.4. The molecule has 0 saturated carbocycles. The van der Waals surface area contributed by atoms with Crippen LogP contribution in [0.2, 0.25) is 0 Å². The van der Waals surface area contributed by atoms with Crippen LogP contribution in [0.25, 0.3) is 11.3 Å². The van der Waals surface area contributed by atoms with Crippen molar-refractivity contribution < 1.29 is 10.2 Å². The molecule has 192 valence electrons. The molecular formula is C26H31N9O2. The Kier molecular flexibility index (Phi) is 6.88. The highest BCUT2D eigenvalue weighted by atomic mass is 16.3. The highest BCUT2D eigenvalue weighted by Gasteiger charge is 2.36. The quantitative estimate of drug-likeness (QED) is 0.375. The Morgan fingerprint density at radius 3 is 2.68 bits per heavy atom. The van der Waals surface area contributed by atoms with Crippen LogP contribution in [0.5, 0.6) is 0 Å². The minimum absolute atomic E-state index is 0.0240. The van der Waals surface area contributed by atoms with Crippen molar-refractivity contribution in [3.05, 3.63) is 47.4 Å². The van der Waals surface area contributed by atoms with Gasteiger partial charge in [0, 0.05) is 62.5 Å². The summed E-state index contributed by atoms with van der Waals surface area (Å²) in [6.45, 7) is 8.62. The molecule has 0 bridgehead atoms. The van der Waals surface area contributed by atoms with E-state index in [0.29, 0.717) is 41.9 Å². The third-order valence-corrected chi connectivity index (χ3v) is 7.04. The molecule has 0 spiro atoms. The number of hydrogen-bond acceptors (Lipinski definition) is 11. The van der Waals surface area contributed by atoms with Gasteiger partial charge < -0.3 is 25.7 Å². The summed E-state index contributed by atoms with van der Waals surface area (Å²) in [4.78, 5) is 22.7. The lowest BCUT2D eigenvalue weighted by atomic mass is 9.83. The molecule has 11 heteroatoms. The SMILES string of the molecule is Cc1nc(Nc2nccc(-c3cc(C#N)c4c(c3)C(C)(CO)CN4)n2)cc(N2CCN(CCO)CC2)n1. The second-order valence-corrected chi connectivity index (χ2v) is 9.73.